The molecule has 0 N–H and O–H groups in total. The van der Waals surface area contributed by atoms with Crippen LogP contribution in [0.15, 0.2) is 65.8 Å². The summed E-state index contributed by atoms with van der Waals surface area (Å²) in [5.41, 5.74) is 3.72. The number of ether oxygens (including phenoxy) is 2. The quantitative estimate of drug-likeness (QED) is 0.387. The first-order valence-electron chi connectivity index (χ1n) is 10.7. The number of hydrogen-bond donors (Lipinski definition) is 0. The lowest BCUT2D eigenvalue weighted by molar-refractivity contribution is 0.302. The van der Waals surface area contributed by atoms with E-state index in [-0.39, 0.29) is 11.5 Å². The first-order chi connectivity index (χ1) is 15.2. The van der Waals surface area contributed by atoms with Crippen molar-refractivity contribution in [1.82, 2.24) is 0 Å². The van der Waals surface area contributed by atoms with Gasteiger partial charge >= 0.3 is 0 Å². The van der Waals surface area contributed by atoms with Crippen LogP contribution < -0.4 is 9.47 Å². The number of halogens is 1. The Balaban J connectivity index is 1.79. The molecule has 166 valence electrons. The van der Waals surface area contributed by atoms with Gasteiger partial charge in [0.2, 0.25) is 0 Å². The molecular formula is C27H29ClN2O2. The molecule has 3 rings (SSSR count). The second-order valence-electron chi connectivity index (χ2n) is 8.54. The molecule has 5 heteroatoms. The van der Waals surface area contributed by atoms with E-state index in [1.807, 2.05) is 62.4 Å². The van der Waals surface area contributed by atoms with E-state index in [9.17, 15) is 5.26 Å². The van der Waals surface area contributed by atoms with Crippen LogP contribution in [0, 0.1) is 11.3 Å². The number of benzene rings is 2. The molecule has 2 aromatic rings. The van der Waals surface area contributed by atoms with Crippen molar-refractivity contribution < 1.29 is 9.47 Å². The Bertz CT molecular complexity index is 1090. The van der Waals surface area contributed by atoms with Crippen LogP contribution >= 0.6 is 11.6 Å². The molecule has 0 aromatic heterocycles. The minimum Gasteiger partial charge on any atom is -0.487 e. The Morgan fingerprint density at radius 3 is 2.50 bits per heavy atom. The summed E-state index contributed by atoms with van der Waals surface area (Å²) in [5.74, 6) is 1.25. The van der Waals surface area contributed by atoms with Crippen molar-refractivity contribution in [2.75, 3.05) is 6.61 Å². The third-order valence-electron chi connectivity index (χ3n) is 5.35. The number of nitrogens with zero attached hydrogens (tertiary/aromatic N) is 2. The molecule has 1 fully saturated rings. The lowest BCUT2D eigenvalue weighted by atomic mass is 9.77. The Labute approximate surface area is 195 Å². The Morgan fingerprint density at radius 1 is 1.25 bits per heavy atom. The third kappa shape index (κ3) is 5.81. The topological polar surface area (TPSA) is 54.6 Å². The first-order valence-corrected chi connectivity index (χ1v) is 11.1. The van der Waals surface area contributed by atoms with Gasteiger partial charge < -0.3 is 9.47 Å². The predicted octanol–water partition coefficient (Wildman–Crippen LogP) is 7.01. The summed E-state index contributed by atoms with van der Waals surface area (Å²) in [5, 5.41) is 10.1. The van der Waals surface area contributed by atoms with E-state index < -0.39 is 0 Å². The van der Waals surface area contributed by atoms with Crippen molar-refractivity contribution in [2.24, 2.45) is 4.99 Å². The van der Waals surface area contributed by atoms with E-state index >= 15 is 0 Å². The molecule has 0 bridgehead atoms. The molecule has 0 unspecified atom stereocenters. The fraction of sp³-hybridized carbons (Fsp3) is 0.333. The zero-order valence-corrected chi connectivity index (χ0v) is 19.9. The molecular weight excluding hydrogens is 420 g/mol. The molecule has 0 saturated heterocycles. The highest BCUT2D eigenvalue weighted by molar-refractivity contribution is 6.32. The molecule has 1 aliphatic rings. The molecule has 0 aliphatic heterocycles. The lowest BCUT2D eigenvalue weighted by Crippen LogP contribution is -2.19. The molecule has 0 spiro atoms. The van der Waals surface area contributed by atoms with Gasteiger partial charge in [-0.25, -0.2) is 0 Å². The standard InChI is InChI=1S/C27H29ClN2O2/c1-6-7-22(30-18(2)3)17-31-23-10-8-20(9-11-23)27(4,5)21-14-19(16-29)26(25(28)15-21)32-24-12-13-24/h6-11,14-15,24H,2,12-13,17H2,1,3-5H3/b7-6-,30-22?. The molecule has 0 amide bonds. The summed E-state index contributed by atoms with van der Waals surface area (Å²) in [7, 11) is 0. The fourth-order valence-corrected chi connectivity index (χ4v) is 3.62. The normalized spacial score (nSPS) is 14.3. The van der Waals surface area contributed by atoms with E-state index in [1.165, 1.54) is 0 Å². The van der Waals surface area contributed by atoms with E-state index in [0.29, 0.717) is 22.9 Å². The fourth-order valence-electron chi connectivity index (χ4n) is 3.36. The Hall–Kier alpha value is -3.03. The van der Waals surface area contributed by atoms with Crippen LogP contribution in [-0.2, 0) is 5.41 Å². The van der Waals surface area contributed by atoms with Crippen LogP contribution in [0.2, 0.25) is 5.02 Å². The third-order valence-corrected chi connectivity index (χ3v) is 5.63. The molecule has 2 aromatic carbocycles. The Kier molecular flexibility index (Phi) is 7.43. The maximum absolute atomic E-state index is 9.64. The Morgan fingerprint density at radius 2 is 1.94 bits per heavy atom. The number of rotatable bonds is 9. The van der Waals surface area contributed by atoms with Crippen molar-refractivity contribution >= 4 is 17.3 Å². The minimum atomic E-state index is -0.358. The van der Waals surface area contributed by atoms with E-state index in [2.05, 4.69) is 31.5 Å². The molecule has 4 nitrogen and oxygen atoms in total. The monoisotopic (exact) mass is 448 g/mol. The second-order valence-corrected chi connectivity index (χ2v) is 8.95. The van der Waals surface area contributed by atoms with Gasteiger partial charge in [0, 0.05) is 11.1 Å². The first kappa shape index (κ1) is 23.6. The smallest absolute Gasteiger partial charge is 0.156 e. The molecule has 0 radical (unpaired) electrons. The van der Waals surface area contributed by atoms with Gasteiger partial charge in [-0.15, -0.1) is 0 Å². The van der Waals surface area contributed by atoms with Gasteiger partial charge in [0.15, 0.2) is 5.75 Å². The maximum atomic E-state index is 9.64. The summed E-state index contributed by atoms with van der Waals surface area (Å²) < 4.78 is 11.8. The number of allylic oxidation sites excluding steroid dienone is 2. The van der Waals surface area contributed by atoms with Gasteiger partial charge in [-0.3, -0.25) is 4.99 Å². The summed E-state index contributed by atoms with van der Waals surface area (Å²) >= 11 is 6.52. The van der Waals surface area contributed by atoms with E-state index in [0.717, 1.165) is 41.1 Å². The number of nitriles is 1. The average molecular weight is 449 g/mol. The highest BCUT2D eigenvalue weighted by atomic mass is 35.5. The van der Waals surface area contributed by atoms with Gasteiger partial charge in [0.25, 0.3) is 0 Å². The van der Waals surface area contributed by atoms with Crippen molar-refractivity contribution in [3.63, 3.8) is 0 Å². The predicted molar refractivity (Wildman–Crippen MR) is 131 cm³/mol. The van der Waals surface area contributed by atoms with Crippen LogP contribution in [0.1, 0.15) is 57.2 Å². The molecule has 0 atom stereocenters. The lowest BCUT2D eigenvalue weighted by Gasteiger charge is -2.27. The zero-order valence-electron chi connectivity index (χ0n) is 19.1. The summed E-state index contributed by atoms with van der Waals surface area (Å²) in [6.07, 6.45) is 6.05. The van der Waals surface area contributed by atoms with Crippen molar-refractivity contribution in [1.29, 1.82) is 5.26 Å². The van der Waals surface area contributed by atoms with Gasteiger partial charge in [-0.1, -0.05) is 50.2 Å². The van der Waals surface area contributed by atoms with Gasteiger partial charge in [0.1, 0.15) is 18.4 Å². The van der Waals surface area contributed by atoms with Gasteiger partial charge in [0.05, 0.1) is 22.4 Å². The molecule has 1 aliphatic carbocycles. The van der Waals surface area contributed by atoms with E-state index in [4.69, 9.17) is 21.1 Å². The largest absolute Gasteiger partial charge is 0.487 e. The minimum absolute atomic E-state index is 0.180. The van der Waals surface area contributed by atoms with Crippen LogP contribution in [0.25, 0.3) is 0 Å². The van der Waals surface area contributed by atoms with Gasteiger partial charge in [-0.2, -0.15) is 5.26 Å². The van der Waals surface area contributed by atoms with Crippen molar-refractivity contribution in [3.05, 3.63) is 82.5 Å². The van der Waals surface area contributed by atoms with Crippen molar-refractivity contribution in [3.8, 4) is 17.6 Å². The summed E-state index contributed by atoms with van der Waals surface area (Å²) in [6.45, 7) is 12.2. The van der Waals surface area contributed by atoms with Crippen LogP contribution in [0.5, 0.6) is 11.5 Å². The van der Waals surface area contributed by atoms with Gasteiger partial charge in [-0.05, 0) is 68.2 Å². The molecule has 0 heterocycles. The molecule has 1 saturated carbocycles. The number of aliphatic imine (C=N–C) groups is 1. The highest BCUT2D eigenvalue weighted by Gasteiger charge is 2.29. The maximum Gasteiger partial charge on any atom is 0.156 e. The summed E-state index contributed by atoms with van der Waals surface area (Å²) in [6, 6.07) is 14.0. The summed E-state index contributed by atoms with van der Waals surface area (Å²) in [4.78, 5) is 4.39. The van der Waals surface area contributed by atoms with Crippen LogP contribution in [0.4, 0.5) is 0 Å². The SMILES string of the molecule is C=C(C)N=C(/C=C\C)COc1ccc(C(C)(C)c2cc(Cl)c(OC3CC3)c(C#N)c2)cc1. The zero-order chi connectivity index (χ0) is 23.3. The second kappa shape index (κ2) is 10.1. The average Bonchev–Trinajstić information content (AvgIpc) is 3.57. The van der Waals surface area contributed by atoms with E-state index in [1.54, 1.807) is 0 Å². The number of hydrogen-bond acceptors (Lipinski definition) is 4. The van der Waals surface area contributed by atoms with Crippen LogP contribution in [-0.4, -0.2) is 18.4 Å². The highest BCUT2D eigenvalue weighted by Crippen LogP contribution is 2.40. The molecule has 32 heavy (non-hydrogen) atoms. The van der Waals surface area contributed by atoms with Crippen molar-refractivity contribution in [2.45, 2.75) is 52.1 Å². The van der Waals surface area contributed by atoms with Crippen LogP contribution in [0.3, 0.4) is 0 Å².